The number of hydrogen-bond donors (Lipinski definition) is 1. The monoisotopic (exact) mass is 394 g/mol. The minimum absolute atomic E-state index is 0.00372. The zero-order valence-corrected chi connectivity index (χ0v) is 17.9. The lowest BCUT2D eigenvalue weighted by Crippen LogP contribution is -2.28. The van der Waals surface area contributed by atoms with Gasteiger partial charge < -0.3 is 15.0 Å². The highest BCUT2D eigenvalue weighted by Crippen LogP contribution is 2.34. The summed E-state index contributed by atoms with van der Waals surface area (Å²) in [5.74, 6) is 0.0752. The Kier molecular flexibility index (Phi) is 5.96. The second kappa shape index (κ2) is 8.27. The molecule has 1 atom stereocenters. The lowest BCUT2D eigenvalue weighted by atomic mass is 9.87. The summed E-state index contributed by atoms with van der Waals surface area (Å²) in [6.45, 7) is 10.7. The van der Waals surface area contributed by atoms with Gasteiger partial charge in [-0.15, -0.1) is 0 Å². The van der Waals surface area contributed by atoms with Crippen LogP contribution in [0.25, 0.3) is 0 Å². The topological polar surface area (TPSA) is 58.6 Å². The lowest BCUT2D eigenvalue weighted by Gasteiger charge is -2.21. The van der Waals surface area contributed by atoms with Crippen LogP contribution >= 0.6 is 0 Å². The summed E-state index contributed by atoms with van der Waals surface area (Å²) < 4.78 is 5.84. The maximum absolute atomic E-state index is 12.8. The van der Waals surface area contributed by atoms with Crippen molar-refractivity contribution in [2.45, 2.75) is 52.6 Å². The molecule has 1 heterocycles. The van der Waals surface area contributed by atoms with E-state index in [2.05, 4.69) is 26.1 Å². The number of rotatable bonds is 5. The van der Waals surface area contributed by atoms with Gasteiger partial charge in [-0.05, 0) is 49.1 Å². The first-order valence-electron chi connectivity index (χ1n) is 10.1. The summed E-state index contributed by atoms with van der Waals surface area (Å²) in [7, 11) is 0. The molecular weight excluding hydrogens is 364 g/mol. The van der Waals surface area contributed by atoms with Gasteiger partial charge in [0.25, 0.3) is 0 Å². The zero-order chi connectivity index (χ0) is 21.2. The van der Waals surface area contributed by atoms with Gasteiger partial charge >= 0.3 is 0 Å². The molecule has 1 aliphatic heterocycles. The summed E-state index contributed by atoms with van der Waals surface area (Å²) in [5.41, 5.74) is 2.74. The minimum atomic E-state index is -0.392. The highest BCUT2D eigenvalue weighted by atomic mass is 16.5. The summed E-state index contributed by atoms with van der Waals surface area (Å²) in [6.07, 6.45) is 0.200. The average Bonchev–Trinajstić information content (AvgIpc) is 3.03. The first kappa shape index (κ1) is 20.9. The first-order valence-corrected chi connectivity index (χ1v) is 10.1. The van der Waals surface area contributed by atoms with Crippen molar-refractivity contribution >= 4 is 23.2 Å². The van der Waals surface area contributed by atoms with Crippen molar-refractivity contribution in [1.29, 1.82) is 0 Å². The van der Waals surface area contributed by atoms with E-state index >= 15 is 0 Å². The van der Waals surface area contributed by atoms with E-state index in [1.165, 1.54) is 5.56 Å². The number of hydrogen-bond acceptors (Lipinski definition) is 3. The second-order valence-electron chi connectivity index (χ2n) is 8.86. The van der Waals surface area contributed by atoms with Crippen LogP contribution in [-0.4, -0.2) is 24.5 Å². The number of ether oxygens (including phenoxy) is 1. The highest BCUT2D eigenvalue weighted by molar-refractivity contribution is 6.04. The Bertz CT molecular complexity index is 882. The molecule has 29 heavy (non-hydrogen) atoms. The van der Waals surface area contributed by atoms with Gasteiger partial charge in [0.2, 0.25) is 11.8 Å². The first-order chi connectivity index (χ1) is 13.6. The molecule has 3 rings (SSSR count). The Labute approximate surface area is 173 Å². The van der Waals surface area contributed by atoms with Crippen LogP contribution < -0.4 is 15.0 Å². The molecule has 0 saturated carbocycles. The van der Waals surface area contributed by atoms with Crippen LogP contribution in [-0.2, 0) is 15.0 Å². The molecule has 1 saturated heterocycles. The van der Waals surface area contributed by atoms with E-state index < -0.39 is 5.92 Å². The third-order valence-corrected chi connectivity index (χ3v) is 5.03. The van der Waals surface area contributed by atoms with E-state index in [1.807, 2.05) is 62.4 Å². The lowest BCUT2D eigenvalue weighted by molar-refractivity contribution is -0.122. The van der Waals surface area contributed by atoms with E-state index in [-0.39, 0.29) is 29.8 Å². The fraction of sp³-hybridized carbons (Fsp3) is 0.417. The SMILES string of the molecule is CC(C)Oc1ccccc1N1CC(C(=O)Nc2ccc(C(C)(C)C)cc2)CC1=O. The Morgan fingerprint density at radius 3 is 2.38 bits per heavy atom. The standard InChI is InChI=1S/C24H30N2O3/c1-16(2)29-21-9-7-6-8-20(21)26-15-17(14-22(26)27)23(28)25-19-12-10-18(11-13-19)24(3,4)5/h6-13,16-17H,14-15H2,1-5H3,(H,25,28). The minimum Gasteiger partial charge on any atom is -0.489 e. The molecule has 0 spiro atoms. The van der Waals surface area contributed by atoms with E-state index in [1.54, 1.807) is 4.90 Å². The van der Waals surface area contributed by atoms with Gasteiger partial charge in [0, 0.05) is 18.7 Å². The van der Waals surface area contributed by atoms with Crippen molar-refractivity contribution in [2.75, 3.05) is 16.8 Å². The molecule has 154 valence electrons. The van der Waals surface area contributed by atoms with Crippen molar-refractivity contribution in [2.24, 2.45) is 5.92 Å². The fourth-order valence-electron chi connectivity index (χ4n) is 3.45. The highest BCUT2D eigenvalue weighted by Gasteiger charge is 2.36. The van der Waals surface area contributed by atoms with Crippen LogP contribution in [0.15, 0.2) is 48.5 Å². The largest absolute Gasteiger partial charge is 0.489 e. The zero-order valence-electron chi connectivity index (χ0n) is 17.9. The number of nitrogens with one attached hydrogen (secondary N) is 1. The van der Waals surface area contributed by atoms with E-state index in [0.717, 1.165) is 11.4 Å². The molecule has 5 nitrogen and oxygen atoms in total. The van der Waals surface area contributed by atoms with E-state index in [9.17, 15) is 9.59 Å². The molecular formula is C24H30N2O3. The molecule has 5 heteroatoms. The molecule has 2 aromatic rings. The van der Waals surface area contributed by atoms with Crippen molar-refractivity contribution in [1.82, 2.24) is 0 Å². The number of nitrogens with zero attached hydrogens (tertiary/aromatic N) is 1. The van der Waals surface area contributed by atoms with Gasteiger partial charge in [0.1, 0.15) is 5.75 Å². The van der Waals surface area contributed by atoms with Crippen LogP contribution in [0.3, 0.4) is 0 Å². The van der Waals surface area contributed by atoms with Gasteiger partial charge in [0.15, 0.2) is 0 Å². The molecule has 1 N–H and O–H groups in total. The number of anilines is 2. The van der Waals surface area contributed by atoms with Crippen molar-refractivity contribution in [3.05, 3.63) is 54.1 Å². The third-order valence-electron chi connectivity index (χ3n) is 5.03. The van der Waals surface area contributed by atoms with Gasteiger partial charge in [-0.3, -0.25) is 9.59 Å². The second-order valence-corrected chi connectivity index (χ2v) is 8.86. The fourth-order valence-corrected chi connectivity index (χ4v) is 3.45. The van der Waals surface area contributed by atoms with Crippen LogP contribution in [0.5, 0.6) is 5.75 Å². The van der Waals surface area contributed by atoms with Gasteiger partial charge in [-0.25, -0.2) is 0 Å². The summed E-state index contributed by atoms with van der Waals surface area (Å²) in [4.78, 5) is 27.0. The molecule has 0 radical (unpaired) electrons. The van der Waals surface area contributed by atoms with Crippen LogP contribution in [0, 0.1) is 5.92 Å². The predicted molar refractivity (Wildman–Crippen MR) is 116 cm³/mol. The van der Waals surface area contributed by atoms with Gasteiger partial charge in [-0.1, -0.05) is 45.0 Å². The number of para-hydroxylation sites is 2. The number of carbonyl (C=O) groups is 2. The quantitative estimate of drug-likeness (QED) is 0.795. The molecule has 2 amide bonds. The molecule has 0 aromatic heterocycles. The van der Waals surface area contributed by atoms with E-state index in [0.29, 0.717) is 12.3 Å². The van der Waals surface area contributed by atoms with Crippen LogP contribution in [0.4, 0.5) is 11.4 Å². The van der Waals surface area contributed by atoms with Gasteiger partial charge in [-0.2, -0.15) is 0 Å². The van der Waals surface area contributed by atoms with Crippen molar-refractivity contribution in [3.63, 3.8) is 0 Å². The summed E-state index contributed by atoms with van der Waals surface area (Å²) in [6, 6.07) is 15.4. The summed E-state index contributed by atoms with van der Waals surface area (Å²) in [5, 5.41) is 2.95. The Hall–Kier alpha value is -2.82. The predicted octanol–water partition coefficient (Wildman–Crippen LogP) is 4.76. The summed E-state index contributed by atoms with van der Waals surface area (Å²) >= 11 is 0. The number of amides is 2. The smallest absolute Gasteiger partial charge is 0.229 e. The maximum Gasteiger partial charge on any atom is 0.229 e. The van der Waals surface area contributed by atoms with Crippen molar-refractivity contribution < 1.29 is 14.3 Å². The molecule has 0 bridgehead atoms. The molecule has 2 aromatic carbocycles. The van der Waals surface area contributed by atoms with Crippen molar-refractivity contribution in [3.8, 4) is 5.75 Å². The number of benzene rings is 2. The molecule has 1 aliphatic rings. The maximum atomic E-state index is 12.8. The van der Waals surface area contributed by atoms with Crippen LogP contribution in [0.2, 0.25) is 0 Å². The normalized spacial score (nSPS) is 17.0. The molecule has 0 aliphatic carbocycles. The van der Waals surface area contributed by atoms with Crippen LogP contribution in [0.1, 0.15) is 46.6 Å². The third kappa shape index (κ3) is 4.97. The number of carbonyl (C=O) groups excluding carboxylic acids is 2. The molecule has 1 fully saturated rings. The Morgan fingerprint density at radius 1 is 1.10 bits per heavy atom. The average molecular weight is 395 g/mol. The van der Waals surface area contributed by atoms with E-state index in [4.69, 9.17) is 4.74 Å². The Morgan fingerprint density at radius 2 is 1.76 bits per heavy atom. The Balaban J connectivity index is 1.70. The molecule has 1 unspecified atom stereocenters. The van der Waals surface area contributed by atoms with Gasteiger partial charge in [0.05, 0.1) is 17.7 Å².